The van der Waals surface area contributed by atoms with E-state index in [1.165, 1.54) is 32.1 Å². The number of hydrogen-bond donors (Lipinski definition) is 2. The summed E-state index contributed by atoms with van der Waals surface area (Å²) in [6, 6.07) is 0.536. The number of hydrogen-bond acceptors (Lipinski definition) is 4. The van der Waals surface area contributed by atoms with Gasteiger partial charge in [0.25, 0.3) is 0 Å². The van der Waals surface area contributed by atoms with E-state index >= 15 is 0 Å². The van der Waals surface area contributed by atoms with Crippen LogP contribution in [0.1, 0.15) is 32.1 Å². The van der Waals surface area contributed by atoms with Gasteiger partial charge in [-0.3, -0.25) is 4.90 Å². The van der Waals surface area contributed by atoms with Crippen LogP contribution in [-0.4, -0.2) is 36.2 Å². The number of thiocarbonyl (C=S) groups is 1. The van der Waals surface area contributed by atoms with Crippen molar-refractivity contribution in [3.8, 4) is 0 Å². The van der Waals surface area contributed by atoms with E-state index in [4.69, 9.17) is 10.5 Å². The topological polar surface area (TPSA) is 38.5 Å². The highest BCUT2D eigenvalue weighted by Crippen LogP contribution is 2.14. The van der Waals surface area contributed by atoms with E-state index in [1.54, 1.807) is 0 Å². The summed E-state index contributed by atoms with van der Waals surface area (Å²) < 4.78 is 5.12. The van der Waals surface area contributed by atoms with E-state index < -0.39 is 0 Å². The number of thiol groups is 1. The smallest absolute Gasteiger partial charge is 0.218 e. The minimum atomic E-state index is 0.290. The summed E-state index contributed by atoms with van der Waals surface area (Å²) in [7, 11) is 3.79. The molecule has 90 valence electrons. The number of ether oxygens (including phenoxy) is 1. The van der Waals surface area contributed by atoms with E-state index in [-0.39, 0.29) is 0 Å². The lowest BCUT2D eigenvalue weighted by Crippen LogP contribution is -2.22. The van der Waals surface area contributed by atoms with Gasteiger partial charge in [0.15, 0.2) is 0 Å². The molecule has 0 aromatic rings. The lowest BCUT2D eigenvalue weighted by Gasteiger charge is -2.15. The van der Waals surface area contributed by atoms with Crippen LogP contribution in [0.25, 0.3) is 0 Å². The standard InChI is InChI=1S/C6H13N.C4H9NOS2/c7-6-4-2-1-3-5-6;1-5(2)3-6-4(7)8/h6H,1-5,7H2;3H2,1-2H3,(H,7,8). The molecule has 15 heavy (non-hydrogen) atoms. The first-order valence-electron chi connectivity index (χ1n) is 5.28. The quantitative estimate of drug-likeness (QED) is 0.447. The Bertz CT molecular complexity index is 171. The zero-order valence-electron chi connectivity index (χ0n) is 9.61. The Morgan fingerprint density at radius 1 is 1.40 bits per heavy atom. The third-order valence-corrected chi connectivity index (χ3v) is 2.34. The first-order valence-corrected chi connectivity index (χ1v) is 6.14. The summed E-state index contributed by atoms with van der Waals surface area (Å²) in [6.45, 7) is 0.502. The summed E-state index contributed by atoms with van der Waals surface area (Å²) in [6.07, 6.45) is 6.66. The van der Waals surface area contributed by atoms with Crippen molar-refractivity contribution >= 4 is 29.2 Å². The van der Waals surface area contributed by atoms with Crippen molar-refractivity contribution in [3.05, 3.63) is 0 Å². The minimum Gasteiger partial charge on any atom is -0.463 e. The summed E-state index contributed by atoms with van der Waals surface area (Å²) in [5.41, 5.74) is 5.63. The van der Waals surface area contributed by atoms with Crippen molar-refractivity contribution in [2.24, 2.45) is 5.73 Å². The van der Waals surface area contributed by atoms with Crippen LogP contribution < -0.4 is 5.73 Å². The maximum Gasteiger partial charge on any atom is 0.218 e. The van der Waals surface area contributed by atoms with E-state index in [0.29, 0.717) is 17.2 Å². The zero-order valence-corrected chi connectivity index (χ0v) is 11.3. The van der Waals surface area contributed by atoms with Gasteiger partial charge < -0.3 is 10.5 Å². The molecule has 0 radical (unpaired) electrons. The Hall–Kier alpha value is 0.160. The average Bonchev–Trinajstić information content (AvgIpc) is 2.17. The predicted octanol–water partition coefficient (Wildman–Crippen LogP) is 2.01. The molecule has 0 heterocycles. The van der Waals surface area contributed by atoms with Crippen molar-refractivity contribution in [3.63, 3.8) is 0 Å². The number of nitrogens with zero attached hydrogens (tertiary/aromatic N) is 1. The SMILES string of the molecule is CN(C)COC(=S)S.NC1CCCCC1. The second-order valence-corrected chi connectivity index (χ2v) is 5.10. The molecular formula is C10H22N2OS2. The molecule has 1 saturated carbocycles. The van der Waals surface area contributed by atoms with E-state index in [1.807, 2.05) is 19.0 Å². The van der Waals surface area contributed by atoms with Gasteiger partial charge in [-0.1, -0.05) is 31.9 Å². The van der Waals surface area contributed by atoms with Crippen molar-refractivity contribution in [2.75, 3.05) is 20.8 Å². The first-order chi connectivity index (χ1) is 7.02. The van der Waals surface area contributed by atoms with Crippen molar-refractivity contribution in [1.29, 1.82) is 0 Å². The molecule has 0 unspecified atom stereocenters. The minimum absolute atomic E-state index is 0.290. The van der Waals surface area contributed by atoms with Gasteiger partial charge in [0.1, 0.15) is 6.73 Å². The van der Waals surface area contributed by atoms with Gasteiger partial charge in [-0.25, -0.2) is 0 Å². The Morgan fingerprint density at radius 2 is 1.93 bits per heavy atom. The average molecular weight is 250 g/mol. The van der Waals surface area contributed by atoms with Gasteiger partial charge in [0, 0.05) is 6.04 Å². The molecule has 3 nitrogen and oxygen atoms in total. The fourth-order valence-corrected chi connectivity index (χ4v) is 1.43. The molecular weight excluding hydrogens is 228 g/mol. The fourth-order valence-electron chi connectivity index (χ4n) is 1.32. The van der Waals surface area contributed by atoms with Crippen molar-refractivity contribution in [2.45, 2.75) is 38.1 Å². The van der Waals surface area contributed by atoms with Crippen LogP contribution in [0.3, 0.4) is 0 Å². The van der Waals surface area contributed by atoms with Crippen molar-refractivity contribution < 1.29 is 4.74 Å². The molecule has 0 aromatic heterocycles. The van der Waals surface area contributed by atoms with Gasteiger partial charge >= 0.3 is 0 Å². The van der Waals surface area contributed by atoms with Gasteiger partial charge in [0.2, 0.25) is 4.38 Å². The Kier molecular flexibility index (Phi) is 9.49. The molecule has 1 aliphatic rings. The summed E-state index contributed by atoms with van der Waals surface area (Å²) in [5, 5.41) is 0. The van der Waals surface area contributed by atoms with E-state index in [2.05, 4.69) is 24.8 Å². The van der Waals surface area contributed by atoms with E-state index in [0.717, 1.165) is 0 Å². The Morgan fingerprint density at radius 3 is 2.13 bits per heavy atom. The lowest BCUT2D eigenvalue weighted by molar-refractivity contribution is 0.178. The van der Waals surface area contributed by atoms with Gasteiger partial charge in [-0.05, 0) is 39.2 Å². The normalized spacial score (nSPS) is 16.9. The molecule has 5 heteroatoms. The van der Waals surface area contributed by atoms with E-state index in [9.17, 15) is 0 Å². The van der Waals surface area contributed by atoms with Crippen LogP contribution in [0.5, 0.6) is 0 Å². The number of rotatable bonds is 2. The van der Waals surface area contributed by atoms with Crippen LogP contribution in [-0.2, 0) is 4.74 Å². The molecule has 0 saturated heterocycles. The van der Waals surface area contributed by atoms with Crippen molar-refractivity contribution in [1.82, 2.24) is 4.90 Å². The second kappa shape index (κ2) is 9.39. The predicted molar refractivity (Wildman–Crippen MR) is 72.3 cm³/mol. The van der Waals surface area contributed by atoms with Crippen LogP contribution in [0.4, 0.5) is 0 Å². The summed E-state index contributed by atoms with van der Waals surface area (Å²) in [5.74, 6) is 0. The Labute approximate surface area is 104 Å². The highest BCUT2D eigenvalue weighted by atomic mass is 32.1. The molecule has 2 N–H and O–H groups in total. The molecule has 0 bridgehead atoms. The van der Waals surface area contributed by atoms with Gasteiger partial charge in [0.05, 0.1) is 0 Å². The van der Waals surface area contributed by atoms with Gasteiger partial charge in [-0.15, -0.1) is 0 Å². The van der Waals surface area contributed by atoms with Crippen LogP contribution in [0, 0.1) is 0 Å². The van der Waals surface area contributed by atoms with Crippen LogP contribution in [0.15, 0.2) is 0 Å². The molecule has 0 aromatic carbocycles. The monoisotopic (exact) mass is 250 g/mol. The fraction of sp³-hybridized carbons (Fsp3) is 0.900. The molecule has 1 aliphatic carbocycles. The summed E-state index contributed by atoms with van der Waals surface area (Å²) in [4.78, 5) is 1.86. The third-order valence-electron chi connectivity index (χ3n) is 2.10. The number of nitrogens with two attached hydrogens (primary N) is 1. The lowest BCUT2D eigenvalue weighted by atomic mass is 9.97. The largest absolute Gasteiger partial charge is 0.463 e. The maximum atomic E-state index is 5.63. The molecule has 1 fully saturated rings. The maximum absolute atomic E-state index is 5.63. The highest BCUT2D eigenvalue weighted by molar-refractivity contribution is 8.10. The molecule has 0 spiro atoms. The van der Waals surface area contributed by atoms with Crippen LogP contribution in [0.2, 0.25) is 0 Å². The second-order valence-electron chi connectivity index (χ2n) is 4.02. The third kappa shape index (κ3) is 12.1. The molecule has 0 amide bonds. The molecule has 0 atom stereocenters. The molecule has 0 aliphatic heterocycles. The first kappa shape index (κ1) is 15.2. The Balaban J connectivity index is 0.000000262. The zero-order chi connectivity index (χ0) is 11.7. The highest BCUT2D eigenvalue weighted by Gasteiger charge is 2.06. The van der Waals surface area contributed by atoms with Gasteiger partial charge in [-0.2, -0.15) is 0 Å². The van der Waals surface area contributed by atoms with Crippen LogP contribution >= 0.6 is 24.8 Å². The summed E-state index contributed by atoms with van der Waals surface area (Å²) >= 11 is 8.28. The molecule has 1 rings (SSSR count).